The molecule has 0 aliphatic heterocycles. The molecule has 0 aromatic carbocycles. The van der Waals surface area contributed by atoms with Crippen LogP contribution in [-0.2, 0) is 0 Å². The van der Waals surface area contributed by atoms with Crippen molar-refractivity contribution in [3.05, 3.63) is 12.7 Å². The van der Waals surface area contributed by atoms with Gasteiger partial charge >= 0.3 is 0 Å². The maximum atomic E-state index is 8.72. The minimum Gasteiger partial charge on any atom is -0.396 e. The van der Waals surface area contributed by atoms with Crippen molar-refractivity contribution in [1.29, 1.82) is 0 Å². The normalized spacial score (nSPS) is 13.1. The largest absolute Gasteiger partial charge is 0.396 e. The summed E-state index contributed by atoms with van der Waals surface area (Å²) in [5, 5.41) is 8.72. The molecule has 0 unspecified atom stereocenters. The van der Waals surface area contributed by atoms with Gasteiger partial charge in [-0.15, -0.1) is 6.58 Å². The van der Waals surface area contributed by atoms with Crippen LogP contribution in [0, 0.1) is 5.92 Å². The van der Waals surface area contributed by atoms with Gasteiger partial charge in [-0.25, -0.2) is 0 Å². The summed E-state index contributed by atoms with van der Waals surface area (Å²) in [6.45, 7) is 6.04. The average Bonchev–Trinajstić information content (AvgIpc) is 1.91. The molecule has 0 aromatic heterocycles. The molecule has 1 heteroatoms. The van der Waals surface area contributed by atoms with E-state index in [9.17, 15) is 0 Å². The quantitative estimate of drug-likeness (QED) is 0.561. The predicted octanol–water partition coefficient (Wildman–Crippen LogP) is 1.97. The van der Waals surface area contributed by atoms with E-state index in [1.807, 2.05) is 6.08 Å². The topological polar surface area (TPSA) is 20.2 Å². The summed E-state index contributed by atoms with van der Waals surface area (Å²) in [7, 11) is 0. The second-order valence-corrected chi connectivity index (χ2v) is 2.32. The second-order valence-electron chi connectivity index (χ2n) is 2.32. The summed E-state index contributed by atoms with van der Waals surface area (Å²) >= 11 is 0. The summed E-state index contributed by atoms with van der Waals surface area (Å²) < 4.78 is 0. The van der Waals surface area contributed by atoms with Crippen LogP contribution in [0.5, 0.6) is 0 Å². The molecular weight excluding hydrogens is 112 g/mol. The van der Waals surface area contributed by atoms with Crippen molar-refractivity contribution < 1.29 is 5.11 Å². The number of rotatable bonds is 5. The zero-order valence-corrected chi connectivity index (χ0v) is 6.14. The number of allylic oxidation sites excluding steroid dienone is 1. The van der Waals surface area contributed by atoms with Crippen molar-refractivity contribution in [3.63, 3.8) is 0 Å². The summed E-state index contributed by atoms with van der Waals surface area (Å²) in [5.41, 5.74) is 0. The Kier molecular flexibility index (Phi) is 5.64. The van der Waals surface area contributed by atoms with E-state index in [2.05, 4.69) is 13.5 Å². The molecule has 0 saturated carbocycles. The first kappa shape index (κ1) is 8.70. The highest BCUT2D eigenvalue weighted by molar-refractivity contribution is 4.68. The number of hydrogen-bond donors (Lipinski definition) is 1. The van der Waals surface area contributed by atoms with Gasteiger partial charge in [-0.2, -0.15) is 0 Å². The van der Waals surface area contributed by atoms with Gasteiger partial charge in [0.15, 0.2) is 0 Å². The second kappa shape index (κ2) is 5.83. The molecule has 1 atom stereocenters. The molecule has 0 radical (unpaired) electrons. The smallest absolute Gasteiger partial charge is 0.0459 e. The van der Waals surface area contributed by atoms with Gasteiger partial charge in [0.2, 0.25) is 0 Å². The molecule has 9 heavy (non-hydrogen) atoms. The number of hydrogen-bond acceptors (Lipinski definition) is 1. The van der Waals surface area contributed by atoms with Crippen molar-refractivity contribution in [2.75, 3.05) is 6.61 Å². The van der Waals surface area contributed by atoms with Crippen LogP contribution in [-0.4, -0.2) is 11.7 Å². The summed E-state index contributed by atoms with van der Waals surface area (Å²) in [6.07, 6.45) is 5.08. The minimum atomic E-state index is 0.324. The summed E-state index contributed by atoms with van der Waals surface area (Å²) in [5.74, 6) is 0.489. The van der Waals surface area contributed by atoms with Crippen molar-refractivity contribution in [1.82, 2.24) is 0 Å². The van der Waals surface area contributed by atoms with E-state index in [0.717, 1.165) is 19.3 Å². The maximum Gasteiger partial charge on any atom is 0.0459 e. The van der Waals surface area contributed by atoms with Gasteiger partial charge in [0.1, 0.15) is 0 Å². The molecule has 0 amide bonds. The standard InChI is InChI=1S/C8H16O/c1-3-5-6-8(4-2)7-9/h3,8-9H,1,4-7H2,2H3/t8-/m1/s1. The SMILES string of the molecule is C=CCC[C@@H](CC)CO. The molecule has 0 spiro atoms. The molecular formula is C8H16O. The van der Waals surface area contributed by atoms with Gasteiger partial charge in [0, 0.05) is 6.61 Å². The van der Waals surface area contributed by atoms with E-state index in [0.29, 0.717) is 12.5 Å². The fourth-order valence-corrected chi connectivity index (χ4v) is 0.778. The van der Waals surface area contributed by atoms with Gasteiger partial charge < -0.3 is 5.11 Å². The molecule has 1 N–H and O–H groups in total. The third-order valence-corrected chi connectivity index (χ3v) is 1.61. The number of aliphatic hydroxyl groups excluding tert-OH is 1. The lowest BCUT2D eigenvalue weighted by atomic mass is 10.0. The van der Waals surface area contributed by atoms with Gasteiger partial charge in [0.05, 0.1) is 0 Å². The first-order valence-corrected chi connectivity index (χ1v) is 3.56. The molecule has 54 valence electrons. The van der Waals surface area contributed by atoms with E-state index in [-0.39, 0.29) is 0 Å². The van der Waals surface area contributed by atoms with Crippen LogP contribution in [0.25, 0.3) is 0 Å². The molecule has 0 bridgehead atoms. The minimum absolute atomic E-state index is 0.324. The first-order chi connectivity index (χ1) is 4.35. The zero-order valence-electron chi connectivity index (χ0n) is 6.14. The molecule has 0 fully saturated rings. The summed E-state index contributed by atoms with van der Waals surface area (Å²) in [4.78, 5) is 0. The monoisotopic (exact) mass is 128 g/mol. The molecule has 0 aromatic rings. The van der Waals surface area contributed by atoms with E-state index in [1.165, 1.54) is 0 Å². The predicted molar refractivity (Wildman–Crippen MR) is 40.3 cm³/mol. The van der Waals surface area contributed by atoms with Crippen molar-refractivity contribution in [2.45, 2.75) is 26.2 Å². The van der Waals surface area contributed by atoms with Crippen molar-refractivity contribution in [2.24, 2.45) is 5.92 Å². The molecule has 0 heterocycles. The lowest BCUT2D eigenvalue weighted by Crippen LogP contribution is -2.02. The van der Waals surface area contributed by atoms with E-state index >= 15 is 0 Å². The molecule has 1 nitrogen and oxygen atoms in total. The van der Waals surface area contributed by atoms with Crippen LogP contribution in [0.2, 0.25) is 0 Å². The van der Waals surface area contributed by atoms with Crippen molar-refractivity contribution >= 4 is 0 Å². The Labute approximate surface area is 57.4 Å². The Bertz CT molecular complexity index is 65.0. The Hall–Kier alpha value is -0.300. The molecule has 0 aliphatic rings. The van der Waals surface area contributed by atoms with Gasteiger partial charge in [-0.3, -0.25) is 0 Å². The van der Waals surface area contributed by atoms with E-state index < -0.39 is 0 Å². The van der Waals surface area contributed by atoms with Crippen LogP contribution in [0.15, 0.2) is 12.7 Å². The molecule has 0 saturated heterocycles. The Morgan fingerprint density at radius 1 is 1.67 bits per heavy atom. The highest BCUT2D eigenvalue weighted by atomic mass is 16.3. The Morgan fingerprint density at radius 2 is 2.33 bits per heavy atom. The van der Waals surface area contributed by atoms with Gasteiger partial charge in [-0.1, -0.05) is 19.4 Å². The molecule has 0 rings (SSSR count). The molecule has 0 aliphatic carbocycles. The fraction of sp³-hybridized carbons (Fsp3) is 0.750. The van der Waals surface area contributed by atoms with Gasteiger partial charge in [-0.05, 0) is 18.8 Å². The van der Waals surface area contributed by atoms with Crippen LogP contribution in [0.4, 0.5) is 0 Å². The third kappa shape index (κ3) is 4.22. The number of aliphatic hydroxyl groups is 1. The van der Waals surface area contributed by atoms with Crippen molar-refractivity contribution in [3.8, 4) is 0 Å². The van der Waals surface area contributed by atoms with Crippen LogP contribution >= 0.6 is 0 Å². The highest BCUT2D eigenvalue weighted by Gasteiger charge is 2.00. The maximum absolute atomic E-state index is 8.72. The van der Waals surface area contributed by atoms with Crippen LogP contribution in [0.3, 0.4) is 0 Å². The zero-order chi connectivity index (χ0) is 7.11. The Balaban J connectivity index is 3.19. The van der Waals surface area contributed by atoms with E-state index in [1.54, 1.807) is 0 Å². The van der Waals surface area contributed by atoms with E-state index in [4.69, 9.17) is 5.11 Å². The summed E-state index contributed by atoms with van der Waals surface area (Å²) in [6, 6.07) is 0. The Morgan fingerprint density at radius 3 is 2.67 bits per heavy atom. The third-order valence-electron chi connectivity index (χ3n) is 1.61. The highest BCUT2D eigenvalue weighted by Crippen LogP contribution is 2.09. The van der Waals surface area contributed by atoms with Gasteiger partial charge in [0.25, 0.3) is 0 Å². The van der Waals surface area contributed by atoms with Crippen LogP contribution in [0.1, 0.15) is 26.2 Å². The van der Waals surface area contributed by atoms with Crippen LogP contribution < -0.4 is 0 Å². The lowest BCUT2D eigenvalue weighted by molar-refractivity contribution is 0.216. The lowest BCUT2D eigenvalue weighted by Gasteiger charge is -2.07. The fourth-order valence-electron chi connectivity index (χ4n) is 0.778. The average molecular weight is 128 g/mol. The first-order valence-electron chi connectivity index (χ1n) is 3.56.